The minimum atomic E-state index is -2.68. The van der Waals surface area contributed by atoms with E-state index in [-0.39, 0.29) is 49.7 Å². The number of hydrogen-bond acceptors (Lipinski definition) is 5. The molecular formula is C21H21F2NO5. The van der Waals surface area contributed by atoms with Crippen LogP contribution in [0.3, 0.4) is 0 Å². The number of alkyl halides is 2. The number of hydrogen-bond donors (Lipinski definition) is 1. The number of nitrogens with one attached hydrogen (secondary N) is 1. The monoisotopic (exact) mass is 405 g/mol. The SMILES string of the molecule is Cc1cc(C2COc3ccccc3O2)oc(=O)c1C(=O)NC1CCC(F)(F)CC1. The van der Waals surface area contributed by atoms with Crippen LogP contribution >= 0.6 is 0 Å². The molecule has 1 aliphatic carbocycles. The third-order valence-electron chi connectivity index (χ3n) is 5.27. The van der Waals surface area contributed by atoms with E-state index in [4.69, 9.17) is 13.9 Å². The van der Waals surface area contributed by atoms with E-state index in [2.05, 4.69) is 5.32 Å². The van der Waals surface area contributed by atoms with Crippen LogP contribution in [0.4, 0.5) is 8.78 Å². The van der Waals surface area contributed by atoms with Crippen LogP contribution in [0.5, 0.6) is 11.5 Å². The lowest BCUT2D eigenvalue weighted by molar-refractivity contribution is -0.0399. The number of rotatable bonds is 3. The molecule has 0 radical (unpaired) electrons. The molecule has 4 rings (SSSR count). The van der Waals surface area contributed by atoms with Gasteiger partial charge in [-0.1, -0.05) is 12.1 Å². The van der Waals surface area contributed by atoms with Crippen molar-refractivity contribution < 1.29 is 27.5 Å². The summed E-state index contributed by atoms with van der Waals surface area (Å²) in [6.07, 6.45) is -0.813. The Kier molecular flexibility index (Phi) is 5.02. The van der Waals surface area contributed by atoms with Gasteiger partial charge in [-0.15, -0.1) is 0 Å². The number of ether oxygens (including phenoxy) is 2. The standard InChI is InChI=1S/C21H21F2NO5/c1-12-10-16(17-11-27-14-4-2-3-5-15(14)28-17)29-20(26)18(12)19(25)24-13-6-8-21(22,23)9-7-13/h2-5,10,13,17H,6-9,11H2,1H3,(H,24,25). The molecule has 1 aromatic heterocycles. The molecule has 1 aromatic carbocycles. The number of carbonyl (C=O) groups excluding carboxylic acids is 1. The average molecular weight is 405 g/mol. The first-order valence-corrected chi connectivity index (χ1v) is 9.54. The van der Waals surface area contributed by atoms with Gasteiger partial charge in [0.2, 0.25) is 5.92 Å². The molecule has 0 bridgehead atoms. The van der Waals surface area contributed by atoms with Crippen LogP contribution in [-0.2, 0) is 0 Å². The smallest absolute Gasteiger partial charge is 0.349 e. The normalized spacial score (nSPS) is 20.9. The molecule has 154 valence electrons. The van der Waals surface area contributed by atoms with Crippen molar-refractivity contribution in [3.63, 3.8) is 0 Å². The van der Waals surface area contributed by atoms with Crippen LogP contribution in [0.25, 0.3) is 0 Å². The minimum Gasteiger partial charge on any atom is -0.485 e. The number of amides is 1. The summed E-state index contributed by atoms with van der Waals surface area (Å²) in [5.74, 6) is -1.88. The summed E-state index contributed by atoms with van der Waals surface area (Å²) in [6, 6.07) is 8.36. The summed E-state index contributed by atoms with van der Waals surface area (Å²) >= 11 is 0. The summed E-state index contributed by atoms with van der Waals surface area (Å²) in [5, 5.41) is 2.68. The van der Waals surface area contributed by atoms with E-state index in [0.29, 0.717) is 17.1 Å². The molecule has 2 aromatic rings. The highest BCUT2D eigenvalue weighted by atomic mass is 19.3. The number of carbonyl (C=O) groups is 1. The first-order valence-electron chi connectivity index (χ1n) is 9.54. The fraction of sp³-hybridized carbons (Fsp3) is 0.429. The van der Waals surface area contributed by atoms with E-state index in [1.54, 1.807) is 31.2 Å². The third-order valence-corrected chi connectivity index (χ3v) is 5.27. The average Bonchev–Trinajstić information content (AvgIpc) is 2.68. The van der Waals surface area contributed by atoms with Crippen LogP contribution < -0.4 is 20.4 Å². The van der Waals surface area contributed by atoms with E-state index in [1.807, 2.05) is 6.07 Å². The third kappa shape index (κ3) is 4.11. The van der Waals surface area contributed by atoms with Crippen molar-refractivity contribution in [3.05, 3.63) is 57.6 Å². The van der Waals surface area contributed by atoms with E-state index in [1.165, 1.54) is 0 Å². The molecule has 1 fully saturated rings. The lowest BCUT2D eigenvalue weighted by Crippen LogP contribution is -2.42. The second-order valence-corrected chi connectivity index (χ2v) is 7.46. The summed E-state index contributed by atoms with van der Waals surface area (Å²) in [4.78, 5) is 25.0. The highest BCUT2D eigenvalue weighted by Crippen LogP contribution is 2.36. The predicted molar refractivity (Wildman–Crippen MR) is 99.7 cm³/mol. The van der Waals surface area contributed by atoms with Crippen LogP contribution in [-0.4, -0.2) is 24.5 Å². The maximum absolute atomic E-state index is 13.3. The van der Waals surface area contributed by atoms with Gasteiger partial charge in [-0.2, -0.15) is 0 Å². The van der Waals surface area contributed by atoms with Gasteiger partial charge in [0.15, 0.2) is 23.4 Å². The molecule has 0 saturated heterocycles. The zero-order valence-electron chi connectivity index (χ0n) is 15.9. The summed E-state index contributed by atoms with van der Waals surface area (Å²) < 4.78 is 43.4. The molecule has 1 N–H and O–H groups in total. The highest BCUT2D eigenvalue weighted by Gasteiger charge is 2.36. The second kappa shape index (κ2) is 7.50. The molecule has 29 heavy (non-hydrogen) atoms. The molecule has 1 aliphatic heterocycles. The highest BCUT2D eigenvalue weighted by molar-refractivity contribution is 5.95. The van der Waals surface area contributed by atoms with Crippen molar-refractivity contribution in [2.24, 2.45) is 0 Å². The topological polar surface area (TPSA) is 77.8 Å². The van der Waals surface area contributed by atoms with Crippen LogP contribution in [0, 0.1) is 6.92 Å². The Balaban J connectivity index is 1.49. The van der Waals surface area contributed by atoms with Gasteiger partial charge < -0.3 is 19.2 Å². The van der Waals surface area contributed by atoms with E-state index in [9.17, 15) is 18.4 Å². The van der Waals surface area contributed by atoms with Gasteiger partial charge >= 0.3 is 5.63 Å². The maximum Gasteiger partial charge on any atom is 0.349 e. The Morgan fingerprint density at radius 2 is 1.86 bits per heavy atom. The molecule has 1 unspecified atom stereocenters. The molecule has 8 heteroatoms. The Hall–Kier alpha value is -2.90. The van der Waals surface area contributed by atoms with Crippen molar-refractivity contribution in [1.29, 1.82) is 0 Å². The number of benzene rings is 1. The molecule has 1 atom stereocenters. The lowest BCUT2D eigenvalue weighted by atomic mass is 9.92. The quantitative estimate of drug-likeness (QED) is 0.841. The minimum absolute atomic E-state index is 0.122. The van der Waals surface area contributed by atoms with Crippen LogP contribution in [0.15, 0.2) is 39.5 Å². The largest absolute Gasteiger partial charge is 0.485 e. The molecular weight excluding hydrogens is 384 g/mol. The van der Waals surface area contributed by atoms with E-state index >= 15 is 0 Å². The van der Waals surface area contributed by atoms with Crippen molar-refractivity contribution in [2.75, 3.05) is 6.61 Å². The number of para-hydroxylation sites is 2. The van der Waals surface area contributed by atoms with Crippen LogP contribution in [0.2, 0.25) is 0 Å². The predicted octanol–water partition coefficient (Wildman–Crippen LogP) is 3.77. The van der Waals surface area contributed by atoms with Gasteiger partial charge in [0.1, 0.15) is 12.2 Å². The first kappa shape index (κ1) is 19.4. The van der Waals surface area contributed by atoms with Gasteiger partial charge in [0.25, 0.3) is 5.91 Å². The number of aryl methyl sites for hydroxylation is 1. The van der Waals surface area contributed by atoms with E-state index < -0.39 is 23.6 Å². The Morgan fingerprint density at radius 3 is 2.55 bits per heavy atom. The van der Waals surface area contributed by atoms with Crippen molar-refractivity contribution in [2.45, 2.75) is 50.7 Å². The molecule has 1 saturated carbocycles. The fourth-order valence-electron chi connectivity index (χ4n) is 3.67. The Labute approximate surface area is 165 Å². The van der Waals surface area contributed by atoms with Gasteiger partial charge in [-0.05, 0) is 43.5 Å². The number of halogens is 2. The molecule has 2 heterocycles. The zero-order valence-corrected chi connectivity index (χ0v) is 15.9. The second-order valence-electron chi connectivity index (χ2n) is 7.46. The fourth-order valence-corrected chi connectivity index (χ4v) is 3.67. The van der Waals surface area contributed by atoms with Gasteiger partial charge in [-0.3, -0.25) is 4.79 Å². The van der Waals surface area contributed by atoms with Gasteiger partial charge in [-0.25, -0.2) is 13.6 Å². The van der Waals surface area contributed by atoms with Gasteiger partial charge in [0, 0.05) is 18.9 Å². The lowest BCUT2D eigenvalue weighted by Gasteiger charge is -2.29. The summed E-state index contributed by atoms with van der Waals surface area (Å²) in [6.45, 7) is 1.79. The molecule has 2 aliphatic rings. The Morgan fingerprint density at radius 1 is 1.17 bits per heavy atom. The zero-order chi connectivity index (χ0) is 20.6. The van der Waals surface area contributed by atoms with E-state index in [0.717, 1.165) is 0 Å². The first-order chi connectivity index (χ1) is 13.8. The van der Waals surface area contributed by atoms with Crippen molar-refractivity contribution in [3.8, 4) is 11.5 Å². The van der Waals surface area contributed by atoms with Crippen molar-refractivity contribution >= 4 is 5.91 Å². The Bertz CT molecular complexity index is 977. The molecule has 0 spiro atoms. The molecule has 1 amide bonds. The van der Waals surface area contributed by atoms with Gasteiger partial charge in [0.05, 0.1) is 0 Å². The summed E-state index contributed by atoms with van der Waals surface area (Å²) in [7, 11) is 0. The maximum atomic E-state index is 13.3. The molecule has 6 nitrogen and oxygen atoms in total. The van der Waals surface area contributed by atoms with Crippen molar-refractivity contribution in [1.82, 2.24) is 5.32 Å². The van der Waals surface area contributed by atoms with Crippen LogP contribution in [0.1, 0.15) is 53.5 Å². The number of fused-ring (bicyclic) bond motifs is 1. The summed E-state index contributed by atoms with van der Waals surface area (Å²) in [5.41, 5.74) is -0.485.